The number of nitrogens with one attached hydrogen (secondary N) is 1. The van der Waals surface area contributed by atoms with E-state index < -0.39 is 6.36 Å². The molecule has 2 aromatic rings. The number of carbonyl (C=O) groups excluding carboxylic acids is 1. The number of ether oxygens (including phenoxy) is 1. The smallest absolute Gasteiger partial charge is 0.406 e. The standard InChI is InChI=1S/C15H8F3IN2O2/c16-15(17,18)23-10-4-2-9(3-5-10)20-13-11-7-8(19)1-6-12(11)21-14(13)22/h1-7H,(H,20,21,22). The number of rotatable bonds is 2. The Kier molecular flexibility index (Phi) is 4.00. The second-order valence-corrected chi connectivity index (χ2v) is 5.89. The van der Waals surface area contributed by atoms with Crippen LogP contribution in [-0.2, 0) is 4.79 Å². The van der Waals surface area contributed by atoms with Crippen LogP contribution in [-0.4, -0.2) is 18.0 Å². The van der Waals surface area contributed by atoms with E-state index in [1.165, 1.54) is 12.1 Å². The molecule has 0 saturated heterocycles. The lowest BCUT2D eigenvalue weighted by Crippen LogP contribution is -2.16. The maximum Gasteiger partial charge on any atom is 0.573 e. The third-order valence-corrected chi connectivity index (χ3v) is 3.68. The van der Waals surface area contributed by atoms with E-state index in [2.05, 4.69) is 37.6 Å². The first-order chi connectivity index (χ1) is 10.8. The SMILES string of the molecule is O=C1Nc2ccc(I)cc2C1=Nc1ccc(OC(F)(F)F)cc1. The molecule has 1 aliphatic rings. The van der Waals surface area contributed by atoms with Gasteiger partial charge in [0.25, 0.3) is 5.91 Å². The zero-order valence-electron chi connectivity index (χ0n) is 11.3. The van der Waals surface area contributed by atoms with Crippen molar-refractivity contribution in [3.8, 4) is 5.75 Å². The molecule has 1 amide bonds. The number of amides is 1. The molecular weight excluding hydrogens is 424 g/mol. The molecule has 1 N–H and O–H groups in total. The molecule has 0 bridgehead atoms. The molecule has 0 fully saturated rings. The maximum atomic E-state index is 12.1. The zero-order chi connectivity index (χ0) is 16.6. The third kappa shape index (κ3) is 3.63. The van der Waals surface area contributed by atoms with Crippen LogP contribution in [0.2, 0.25) is 0 Å². The van der Waals surface area contributed by atoms with E-state index in [0.717, 1.165) is 15.7 Å². The minimum Gasteiger partial charge on any atom is -0.406 e. The number of anilines is 1. The number of carbonyl (C=O) groups is 1. The highest BCUT2D eigenvalue weighted by Crippen LogP contribution is 2.29. The number of nitrogens with zero attached hydrogens (tertiary/aromatic N) is 1. The fourth-order valence-electron chi connectivity index (χ4n) is 2.09. The molecule has 0 saturated carbocycles. The van der Waals surface area contributed by atoms with Crippen LogP contribution in [0, 0.1) is 3.57 Å². The number of hydrogen-bond acceptors (Lipinski definition) is 3. The van der Waals surface area contributed by atoms with E-state index in [1.807, 2.05) is 12.1 Å². The van der Waals surface area contributed by atoms with Crippen LogP contribution in [0.5, 0.6) is 5.75 Å². The summed E-state index contributed by atoms with van der Waals surface area (Å²) in [4.78, 5) is 16.2. The fraction of sp³-hybridized carbons (Fsp3) is 0.0667. The van der Waals surface area contributed by atoms with Gasteiger partial charge in [-0.05, 0) is 65.1 Å². The van der Waals surface area contributed by atoms with Gasteiger partial charge in [0.05, 0.1) is 11.4 Å². The highest BCUT2D eigenvalue weighted by Gasteiger charge is 2.31. The molecule has 0 radical (unpaired) electrons. The zero-order valence-corrected chi connectivity index (χ0v) is 13.5. The molecule has 0 aromatic heterocycles. The first kappa shape index (κ1) is 15.8. The summed E-state index contributed by atoms with van der Waals surface area (Å²) in [6, 6.07) is 10.4. The molecule has 4 nitrogen and oxygen atoms in total. The van der Waals surface area contributed by atoms with Crippen molar-refractivity contribution in [2.24, 2.45) is 4.99 Å². The number of halogens is 4. The molecule has 2 aromatic carbocycles. The molecular formula is C15H8F3IN2O2. The van der Waals surface area contributed by atoms with Crippen molar-refractivity contribution < 1.29 is 22.7 Å². The molecule has 3 rings (SSSR count). The molecule has 0 aliphatic carbocycles. The monoisotopic (exact) mass is 432 g/mol. The van der Waals surface area contributed by atoms with Crippen molar-refractivity contribution >= 4 is 45.6 Å². The average molecular weight is 432 g/mol. The molecule has 8 heteroatoms. The maximum absolute atomic E-state index is 12.1. The predicted molar refractivity (Wildman–Crippen MR) is 87.1 cm³/mol. The largest absolute Gasteiger partial charge is 0.573 e. The summed E-state index contributed by atoms with van der Waals surface area (Å²) in [6.45, 7) is 0. The van der Waals surface area contributed by atoms with E-state index in [9.17, 15) is 18.0 Å². The molecule has 0 spiro atoms. The van der Waals surface area contributed by atoms with Gasteiger partial charge in [-0.15, -0.1) is 13.2 Å². The van der Waals surface area contributed by atoms with Crippen molar-refractivity contribution in [1.29, 1.82) is 0 Å². The number of alkyl halides is 3. The Bertz CT molecular complexity index is 801. The van der Waals surface area contributed by atoms with Crippen molar-refractivity contribution in [3.63, 3.8) is 0 Å². The Labute approximate surface area is 142 Å². The van der Waals surface area contributed by atoms with Gasteiger partial charge in [0, 0.05) is 9.13 Å². The van der Waals surface area contributed by atoms with E-state index in [4.69, 9.17) is 0 Å². The van der Waals surface area contributed by atoms with E-state index in [0.29, 0.717) is 16.9 Å². The highest BCUT2D eigenvalue weighted by atomic mass is 127. The highest BCUT2D eigenvalue weighted by molar-refractivity contribution is 14.1. The van der Waals surface area contributed by atoms with Crippen LogP contribution in [0.1, 0.15) is 5.56 Å². The summed E-state index contributed by atoms with van der Waals surface area (Å²) in [5.74, 6) is -0.690. The minimum atomic E-state index is -4.74. The Morgan fingerprint density at radius 1 is 1.09 bits per heavy atom. The second kappa shape index (κ2) is 5.84. The van der Waals surface area contributed by atoms with Crippen LogP contribution >= 0.6 is 22.6 Å². The Hall–Kier alpha value is -2.10. The van der Waals surface area contributed by atoms with E-state index in [-0.39, 0.29) is 17.4 Å². The molecule has 23 heavy (non-hydrogen) atoms. The minimum absolute atomic E-state index is 0.225. The van der Waals surface area contributed by atoms with Gasteiger partial charge in [-0.2, -0.15) is 0 Å². The molecule has 0 atom stereocenters. The van der Waals surface area contributed by atoms with Crippen LogP contribution in [0.25, 0.3) is 0 Å². The number of hydrogen-bond donors (Lipinski definition) is 1. The van der Waals surface area contributed by atoms with Crippen LogP contribution in [0.3, 0.4) is 0 Å². The van der Waals surface area contributed by atoms with Gasteiger partial charge >= 0.3 is 6.36 Å². The average Bonchev–Trinajstić information content (AvgIpc) is 2.75. The topological polar surface area (TPSA) is 50.7 Å². The predicted octanol–water partition coefficient (Wildman–Crippen LogP) is 4.26. The van der Waals surface area contributed by atoms with Crippen LogP contribution in [0.4, 0.5) is 24.5 Å². The van der Waals surface area contributed by atoms with Crippen molar-refractivity contribution in [2.45, 2.75) is 6.36 Å². The summed E-state index contributed by atoms with van der Waals surface area (Å²) in [7, 11) is 0. The van der Waals surface area contributed by atoms with Gasteiger partial charge in [-0.3, -0.25) is 4.79 Å². The number of benzene rings is 2. The molecule has 1 heterocycles. The van der Waals surface area contributed by atoms with Crippen molar-refractivity contribution in [3.05, 3.63) is 51.6 Å². The Morgan fingerprint density at radius 3 is 2.43 bits per heavy atom. The Balaban J connectivity index is 1.90. The summed E-state index contributed by atoms with van der Waals surface area (Å²) in [5.41, 5.74) is 1.91. The third-order valence-electron chi connectivity index (χ3n) is 3.01. The van der Waals surface area contributed by atoms with Crippen molar-refractivity contribution in [2.75, 3.05) is 5.32 Å². The summed E-state index contributed by atoms with van der Waals surface area (Å²) in [6.07, 6.45) is -4.74. The lowest BCUT2D eigenvalue weighted by atomic mass is 10.1. The van der Waals surface area contributed by atoms with Crippen molar-refractivity contribution in [1.82, 2.24) is 0 Å². The van der Waals surface area contributed by atoms with Gasteiger partial charge in [0.2, 0.25) is 0 Å². The molecule has 0 unspecified atom stereocenters. The van der Waals surface area contributed by atoms with Crippen LogP contribution < -0.4 is 10.1 Å². The lowest BCUT2D eigenvalue weighted by molar-refractivity contribution is -0.274. The summed E-state index contributed by atoms with van der Waals surface area (Å²) in [5, 5.41) is 2.69. The molecule has 118 valence electrons. The first-order valence-electron chi connectivity index (χ1n) is 6.37. The molecule has 1 aliphatic heterocycles. The van der Waals surface area contributed by atoms with Crippen LogP contribution in [0.15, 0.2) is 47.5 Å². The van der Waals surface area contributed by atoms with E-state index in [1.54, 1.807) is 6.07 Å². The summed E-state index contributed by atoms with van der Waals surface area (Å²) < 4.78 is 41.1. The van der Waals surface area contributed by atoms with Gasteiger partial charge in [0.1, 0.15) is 11.5 Å². The number of fused-ring (bicyclic) bond motifs is 1. The first-order valence-corrected chi connectivity index (χ1v) is 7.45. The quantitative estimate of drug-likeness (QED) is 0.722. The summed E-state index contributed by atoms with van der Waals surface area (Å²) >= 11 is 2.12. The lowest BCUT2D eigenvalue weighted by Gasteiger charge is -2.08. The van der Waals surface area contributed by atoms with E-state index >= 15 is 0 Å². The fourth-order valence-corrected chi connectivity index (χ4v) is 2.58. The van der Waals surface area contributed by atoms with Gasteiger partial charge in [0.15, 0.2) is 0 Å². The number of aliphatic imine (C=N–C) groups is 1. The Morgan fingerprint density at radius 2 is 1.78 bits per heavy atom. The second-order valence-electron chi connectivity index (χ2n) is 4.65. The van der Waals surface area contributed by atoms with Gasteiger partial charge < -0.3 is 10.1 Å². The van der Waals surface area contributed by atoms with Gasteiger partial charge in [-0.1, -0.05) is 0 Å². The van der Waals surface area contributed by atoms with Gasteiger partial charge in [-0.25, -0.2) is 4.99 Å². The normalized spacial score (nSPS) is 15.5.